The molecule has 10 aromatic rings. The third-order valence-corrected chi connectivity index (χ3v) is 9.44. The zero-order valence-electron chi connectivity index (χ0n) is 24.4. The van der Waals surface area contributed by atoms with Crippen molar-refractivity contribution in [3.05, 3.63) is 158 Å². The molecule has 45 heavy (non-hydrogen) atoms. The Morgan fingerprint density at radius 2 is 0.911 bits per heavy atom. The fraction of sp³-hybridized carbons (Fsp3) is 0. The molecule has 0 bridgehead atoms. The van der Waals surface area contributed by atoms with Crippen molar-refractivity contribution in [1.82, 2.24) is 14.1 Å². The fourth-order valence-corrected chi connectivity index (χ4v) is 7.56. The zero-order valence-corrected chi connectivity index (χ0v) is 24.4. The van der Waals surface area contributed by atoms with E-state index < -0.39 is 0 Å². The van der Waals surface area contributed by atoms with Crippen LogP contribution < -0.4 is 0 Å². The second-order valence-electron chi connectivity index (χ2n) is 11.8. The van der Waals surface area contributed by atoms with Crippen LogP contribution in [0.15, 0.2) is 158 Å². The average molecular weight is 574 g/mol. The molecule has 0 fully saturated rings. The van der Waals surface area contributed by atoms with Gasteiger partial charge in [0, 0.05) is 54.7 Å². The van der Waals surface area contributed by atoms with Gasteiger partial charge in [-0.3, -0.25) is 0 Å². The van der Waals surface area contributed by atoms with Gasteiger partial charge in [-0.15, -0.1) is 0 Å². The van der Waals surface area contributed by atoms with Crippen LogP contribution in [0.1, 0.15) is 0 Å². The molecular weight excluding hydrogens is 546 g/mol. The van der Waals surface area contributed by atoms with E-state index in [0.717, 1.165) is 22.4 Å². The maximum atomic E-state index is 3.76. The van der Waals surface area contributed by atoms with Gasteiger partial charge in [-0.25, -0.2) is 0 Å². The van der Waals surface area contributed by atoms with Gasteiger partial charge in [0.25, 0.3) is 0 Å². The van der Waals surface area contributed by atoms with Crippen LogP contribution in [0.2, 0.25) is 0 Å². The molecule has 1 N–H and O–H groups in total. The summed E-state index contributed by atoms with van der Waals surface area (Å²) < 4.78 is 4.83. The van der Waals surface area contributed by atoms with Crippen molar-refractivity contribution < 1.29 is 0 Å². The zero-order chi connectivity index (χ0) is 29.5. The monoisotopic (exact) mass is 573 g/mol. The number of aromatic amines is 1. The highest BCUT2D eigenvalue weighted by Gasteiger charge is 2.22. The minimum Gasteiger partial charge on any atom is -0.354 e. The highest BCUT2D eigenvalue weighted by molar-refractivity contribution is 6.29. The highest BCUT2D eigenvalue weighted by Crippen LogP contribution is 2.45. The Kier molecular flexibility index (Phi) is 5.00. The van der Waals surface area contributed by atoms with E-state index in [4.69, 9.17) is 0 Å². The maximum Gasteiger partial charge on any atom is 0.0647 e. The fourth-order valence-electron chi connectivity index (χ4n) is 7.56. The van der Waals surface area contributed by atoms with Crippen molar-refractivity contribution in [3.8, 4) is 22.5 Å². The van der Waals surface area contributed by atoms with E-state index in [1.54, 1.807) is 0 Å². The number of hydrogen-bond donors (Lipinski definition) is 1. The molecule has 0 aliphatic rings. The second kappa shape index (κ2) is 9.22. The van der Waals surface area contributed by atoms with Crippen LogP contribution >= 0.6 is 0 Å². The Morgan fingerprint density at radius 3 is 1.60 bits per heavy atom. The molecule has 0 amide bonds. The molecule has 7 aromatic carbocycles. The summed E-state index contributed by atoms with van der Waals surface area (Å²) in [7, 11) is 0. The van der Waals surface area contributed by atoms with Crippen LogP contribution in [0.4, 0.5) is 0 Å². The minimum absolute atomic E-state index is 1.14. The number of nitrogens with zero attached hydrogens (tertiary/aromatic N) is 2. The Labute approximate surface area is 259 Å². The average Bonchev–Trinajstić information content (AvgIpc) is 3.76. The molecule has 3 aromatic heterocycles. The normalized spacial score (nSPS) is 12.0. The smallest absolute Gasteiger partial charge is 0.0647 e. The summed E-state index contributed by atoms with van der Waals surface area (Å²) >= 11 is 0. The largest absolute Gasteiger partial charge is 0.354 e. The first kappa shape index (κ1) is 24.4. The van der Waals surface area contributed by atoms with Crippen LogP contribution in [-0.4, -0.2) is 14.1 Å². The van der Waals surface area contributed by atoms with Gasteiger partial charge in [-0.2, -0.15) is 0 Å². The first-order chi connectivity index (χ1) is 22.3. The van der Waals surface area contributed by atoms with Crippen LogP contribution in [-0.2, 0) is 0 Å². The molecule has 0 atom stereocenters. The van der Waals surface area contributed by atoms with Crippen LogP contribution in [0.3, 0.4) is 0 Å². The van der Waals surface area contributed by atoms with E-state index in [0.29, 0.717) is 0 Å². The number of H-pyrrole nitrogens is 1. The second-order valence-corrected chi connectivity index (χ2v) is 11.8. The third kappa shape index (κ3) is 3.41. The van der Waals surface area contributed by atoms with Crippen LogP contribution in [0.25, 0.3) is 87.9 Å². The summed E-state index contributed by atoms with van der Waals surface area (Å²) in [6.07, 6.45) is 0. The first-order valence-electron chi connectivity index (χ1n) is 15.5. The molecule has 0 radical (unpaired) electrons. The predicted molar refractivity (Wildman–Crippen MR) is 190 cm³/mol. The van der Waals surface area contributed by atoms with Gasteiger partial charge in [0.05, 0.1) is 22.1 Å². The van der Waals surface area contributed by atoms with Crippen molar-refractivity contribution in [1.29, 1.82) is 0 Å². The molecule has 0 saturated carbocycles. The van der Waals surface area contributed by atoms with E-state index in [9.17, 15) is 0 Å². The molecule has 3 heterocycles. The van der Waals surface area contributed by atoms with E-state index in [-0.39, 0.29) is 0 Å². The number of fused-ring (bicyclic) bond motifs is 10. The molecule has 210 valence electrons. The summed E-state index contributed by atoms with van der Waals surface area (Å²) in [4.78, 5) is 3.76. The number of benzene rings is 7. The van der Waals surface area contributed by atoms with Crippen molar-refractivity contribution in [2.45, 2.75) is 0 Å². The Morgan fingerprint density at radius 1 is 0.378 bits per heavy atom. The number of nitrogens with one attached hydrogen (secondary N) is 1. The van der Waals surface area contributed by atoms with E-state index in [2.05, 4.69) is 172 Å². The van der Waals surface area contributed by atoms with Crippen LogP contribution in [0, 0.1) is 0 Å². The highest BCUT2D eigenvalue weighted by atomic mass is 15.0. The Balaban J connectivity index is 1.29. The number of rotatable bonds is 3. The molecule has 3 nitrogen and oxygen atoms in total. The molecule has 3 heteroatoms. The quantitative estimate of drug-likeness (QED) is 0.218. The number of para-hydroxylation sites is 5. The minimum atomic E-state index is 1.14. The summed E-state index contributed by atoms with van der Waals surface area (Å²) in [5.41, 5.74) is 11.9. The van der Waals surface area contributed by atoms with E-state index in [1.165, 1.54) is 65.5 Å². The predicted octanol–water partition coefficient (Wildman–Crippen LogP) is 11.2. The molecule has 0 aliphatic heterocycles. The van der Waals surface area contributed by atoms with Crippen molar-refractivity contribution in [2.24, 2.45) is 0 Å². The first-order valence-corrected chi connectivity index (χ1v) is 15.5. The van der Waals surface area contributed by atoms with Gasteiger partial charge in [0.15, 0.2) is 0 Å². The standard InChI is InChI=1S/C42H27N3/c1-2-12-28(13-3-1)45-39-21-11-7-17-33(39)40-34(26-36-41(42(40)45)32-16-4-8-18-35(32)43-36)27-22-24-29(25-23-27)44-37-19-9-5-14-30(37)31-15-6-10-20-38(31)44/h1-26,43H. The third-order valence-electron chi connectivity index (χ3n) is 9.44. The number of hydrogen-bond acceptors (Lipinski definition) is 0. The van der Waals surface area contributed by atoms with E-state index in [1.807, 2.05) is 0 Å². The topological polar surface area (TPSA) is 25.6 Å². The lowest BCUT2D eigenvalue weighted by molar-refractivity contribution is 1.18. The lowest BCUT2D eigenvalue weighted by atomic mass is 9.96. The summed E-state index contributed by atoms with van der Waals surface area (Å²) in [5, 5.41) is 7.58. The van der Waals surface area contributed by atoms with Gasteiger partial charge >= 0.3 is 0 Å². The lowest BCUT2D eigenvalue weighted by Crippen LogP contribution is -1.95. The molecule has 0 spiro atoms. The van der Waals surface area contributed by atoms with Gasteiger partial charge < -0.3 is 14.1 Å². The lowest BCUT2D eigenvalue weighted by Gasteiger charge is -2.12. The van der Waals surface area contributed by atoms with Crippen LogP contribution in [0.5, 0.6) is 0 Å². The van der Waals surface area contributed by atoms with Gasteiger partial charge in [0.2, 0.25) is 0 Å². The van der Waals surface area contributed by atoms with Gasteiger partial charge in [0.1, 0.15) is 0 Å². The summed E-state index contributed by atoms with van der Waals surface area (Å²) in [6, 6.07) is 57.1. The van der Waals surface area contributed by atoms with Crippen molar-refractivity contribution >= 4 is 65.4 Å². The summed E-state index contributed by atoms with van der Waals surface area (Å²) in [5.74, 6) is 0. The number of aromatic nitrogens is 3. The van der Waals surface area contributed by atoms with Gasteiger partial charge in [-0.1, -0.05) is 103 Å². The molecular formula is C42H27N3. The van der Waals surface area contributed by atoms with Crippen molar-refractivity contribution in [3.63, 3.8) is 0 Å². The molecule has 0 saturated heterocycles. The Bertz CT molecular complexity index is 2690. The van der Waals surface area contributed by atoms with E-state index >= 15 is 0 Å². The molecule has 0 unspecified atom stereocenters. The Hall–Kier alpha value is -6.06. The summed E-state index contributed by atoms with van der Waals surface area (Å²) in [6.45, 7) is 0. The molecule has 10 rings (SSSR count). The SMILES string of the molecule is c1ccc(-n2c3ccccc3c3c(-c4ccc(-n5c6ccccc6c6ccccc65)cc4)cc4[nH]c5ccccc5c4c32)cc1. The van der Waals surface area contributed by atoms with Gasteiger partial charge in [-0.05, 0) is 65.7 Å². The molecule has 0 aliphatic carbocycles. The maximum absolute atomic E-state index is 3.76. The van der Waals surface area contributed by atoms with Crippen molar-refractivity contribution in [2.75, 3.05) is 0 Å².